The lowest BCUT2D eigenvalue weighted by Crippen LogP contribution is -2.00. The Morgan fingerprint density at radius 3 is 2.64 bits per heavy atom. The molecule has 1 aromatic heterocycles. The Morgan fingerprint density at radius 1 is 1.11 bits per heavy atom. The van der Waals surface area contributed by atoms with Crippen LogP contribution in [0.3, 0.4) is 0 Å². The summed E-state index contributed by atoms with van der Waals surface area (Å²) in [6, 6.07) is 14.0. The number of benzene rings is 2. The van der Waals surface area contributed by atoms with Crippen LogP contribution in [0.5, 0.6) is 5.75 Å². The molecular weight excluding hydrogens is 405 g/mol. The molecule has 0 aliphatic carbocycles. The monoisotopic (exact) mass is 417 g/mol. The van der Waals surface area contributed by atoms with Crippen molar-refractivity contribution in [2.45, 2.75) is 6.61 Å². The van der Waals surface area contributed by atoms with Gasteiger partial charge in [0.25, 0.3) is 5.69 Å². The molecule has 0 spiro atoms. The van der Waals surface area contributed by atoms with E-state index in [9.17, 15) is 14.9 Å². The minimum Gasteiger partial charge on any atom is -0.486 e. The first-order valence-corrected chi connectivity index (χ1v) is 8.82. The predicted octanol–water partition coefficient (Wildman–Crippen LogP) is 5.97. The normalized spacial score (nSPS) is 10.9. The van der Waals surface area contributed by atoms with Crippen LogP contribution in [0, 0.1) is 10.1 Å². The van der Waals surface area contributed by atoms with Crippen LogP contribution in [0.2, 0.25) is 10.0 Å². The minimum atomic E-state index is -0.591. The van der Waals surface area contributed by atoms with Crippen LogP contribution in [-0.2, 0) is 6.61 Å². The van der Waals surface area contributed by atoms with E-state index >= 15 is 0 Å². The van der Waals surface area contributed by atoms with Gasteiger partial charge >= 0.3 is 0 Å². The van der Waals surface area contributed by atoms with Gasteiger partial charge in [0.05, 0.1) is 20.5 Å². The number of rotatable bonds is 7. The number of nitro groups is 1. The van der Waals surface area contributed by atoms with Gasteiger partial charge in [0.1, 0.15) is 23.9 Å². The lowest BCUT2D eigenvalue weighted by atomic mass is 10.1. The number of ether oxygens (including phenoxy) is 1. The van der Waals surface area contributed by atoms with Gasteiger partial charge in [-0.3, -0.25) is 14.9 Å². The highest BCUT2D eigenvalue weighted by Crippen LogP contribution is 2.27. The van der Waals surface area contributed by atoms with Crippen molar-refractivity contribution in [2.24, 2.45) is 0 Å². The average molecular weight is 418 g/mol. The Balaban J connectivity index is 1.65. The largest absolute Gasteiger partial charge is 0.486 e. The van der Waals surface area contributed by atoms with Crippen LogP contribution in [0.25, 0.3) is 6.08 Å². The maximum Gasteiger partial charge on any atom is 0.280 e. The number of hydrogen-bond donors (Lipinski definition) is 0. The second-order valence-electron chi connectivity index (χ2n) is 5.64. The number of hydrogen-bond acceptors (Lipinski definition) is 5. The quantitative estimate of drug-likeness (QED) is 0.204. The molecule has 3 aromatic rings. The van der Waals surface area contributed by atoms with Crippen LogP contribution < -0.4 is 4.74 Å². The van der Waals surface area contributed by atoms with Gasteiger partial charge in [-0.1, -0.05) is 35.3 Å². The summed E-state index contributed by atoms with van der Waals surface area (Å²) < 4.78 is 11.1. The second-order valence-corrected chi connectivity index (χ2v) is 6.45. The molecule has 0 bridgehead atoms. The molecule has 0 saturated heterocycles. The van der Waals surface area contributed by atoms with Gasteiger partial charge in [-0.25, -0.2) is 0 Å². The molecule has 0 aliphatic rings. The summed E-state index contributed by atoms with van der Waals surface area (Å²) in [5.74, 6) is 0.996. The molecule has 6 nitrogen and oxygen atoms in total. The zero-order chi connectivity index (χ0) is 20.1. The van der Waals surface area contributed by atoms with Crippen molar-refractivity contribution >= 4 is 40.7 Å². The van der Waals surface area contributed by atoms with Gasteiger partial charge < -0.3 is 9.15 Å². The SMILES string of the molecule is O=C(/C=C/c1ccc(COc2ccc(Cl)c(Cl)c2)o1)c1ccccc1[N+](=O)[O-]. The van der Waals surface area contributed by atoms with Crippen molar-refractivity contribution in [3.8, 4) is 5.75 Å². The van der Waals surface area contributed by atoms with Gasteiger partial charge in [-0.05, 0) is 42.5 Å². The summed E-state index contributed by atoms with van der Waals surface area (Å²) in [5.41, 5.74) is -0.231. The van der Waals surface area contributed by atoms with Gasteiger partial charge in [-0.2, -0.15) is 0 Å². The molecule has 0 radical (unpaired) electrons. The maximum absolute atomic E-state index is 12.2. The zero-order valence-electron chi connectivity index (χ0n) is 14.3. The molecule has 0 amide bonds. The number of carbonyl (C=O) groups is 1. The standard InChI is InChI=1S/C20H13Cl2NO5/c21-17-9-7-14(11-18(17)22)27-12-15-6-5-13(28-15)8-10-20(24)16-3-1-2-4-19(16)23(25)26/h1-11H,12H2/b10-8+. The molecule has 8 heteroatoms. The molecule has 142 valence electrons. The summed E-state index contributed by atoms with van der Waals surface area (Å²) in [6.07, 6.45) is 2.67. The van der Waals surface area contributed by atoms with E-state index in [0.717, 1.165) is 0 Å². The van der Waals surface area contributed by atoms with Crippen molar-refractivity contribution in [3.63, 3.8) is 0 Å². The fourth-order valence-corrected chi connectivity index (χ4v) is 2.66. The predicted molar refractivity (Wildman–Crippen MR) is 106 cm³/mol. The van der Waals surface area contributed by atoms with Crippen molar-refractivity contribution in [1.82, 2.24) is 0 Å². The Morgan fingerprint density at radius 2 is 1.89 bits per heavy atom. The summed E-state index contributed by atoms with van der Waals surface area (Å²) in [7, 11) is 0. The number of para-hydroxylation sites is 1. The fraction of sp³-hybridized carbons (Fsp3) is 0.0500. The summed E-state index contributed by atoms with van der Waals surface area (Å²) >= 11 is 11.8. The van der Waals surface area contributed by atoms with E-state index in [4.69, 9.17) is 32.4 Å². The number of ketones is 1. The summed E-state index contributed by atoms with van der Waals surface area (Å²) in [4.78, 5) is 22.7. The summed E-state index contributed by atoms with van der Waals surface area (Å²) in [5, 5.41) is 11.8. The molecule has 0 fully saturated rings. The van der Waals surface area contributed by atoms with E-state index < -0.39 is 10.7 Å². The lowest BCUT2D eigenvalue weighted by molar-refractivity contribution is -0.385. The first-order valence-electron chi connectivity index (χ1n) is 8.06. The van der Waals surface area contributed by atoms with E-state index in [2.05, 4.69) is 0 Å². The van der Waals surface area contributed by atoms with Crippen molar-refractivity contribution in [2.75, 3.05) is 0 Å². The fourth-order valence-electron chi connectivity index (χ4n) is 2.37. The average Bonchev–Trinajstić information content (AvgIpc) is 3.15. The smallest absolute Gasteiger partial charge is 0.280 e. The molecule has 28 heavy (non-hydrogen) atoms. The lowest BCUT2D eigenvalue weighted by Gasteiger charge is -2.05. The third-order valence-electron chi connectivity index (χ3n) is 3.72. The molecule has 0 N–H and O–H groups in total. The number of nitro benzene ring substituents is 1. The third-order valence-corrected chi connectivity index (χ3v) is 4.46. The van der Waals surface area contributed by atoms with E-state index in [0.29, 0.717) is 27.3 Å². The molecular formula is C20H13Cl2NO5. The molecule has 1 heterocycles. The maximum atomic E-state index is 12.2. The van der Waals surface area contributed by atoms with E-state index in [1.54, 1.807) is 36.4 Å². The Bertz CT molecular complexity index is 1060. The molecule has 0 saturated carbocycles. The number of carbonyl (C=O) groups excluding carboxylic acids is 1. The topological polar surface area (TPSA) is 82.6 Å². The molecule has 0 unspecified atom stereocenters. The molecule has 3 rings (SSSR count). The number of halogens is 2. The zero-order valence-corrected chi connectivity index (χ0v) is 15.8. The molecule has 0 atom stereocenters. The van der Waals surface area contributed by atoms with Crippen molar-refractivity contribution < 1.29 is 18.9 Å². The molecule has 0 aliphatic heterocycles. The number of furan rings is 1. The molecule has 2 aromatic carbocycles. The van der Waals surface area contributed by atoms with Crippen molar-refractivity contribution in [1.29, 1.82) is 0 Å². The minimum absolute atomic E-state index is 0.0125. The van der Waals surface area contributed by atoms with Crippen LogP contribution >= 0.6 is 23.2 Å². The van der Waals surface area contributed by atoms with Gasteiger partial charge in [0.15, 0.2) is 5.78 Å². The highest BCUT2D eigenvalue weighted by atomic mass is 35.5. The van der Waals surface area contributed by atoms with Gasteiger partial charge in [-0.15, -0.1) is 0 Å². The Hall–Kier alpha value is -3.09. The summed E-state index contributed by atoms with van der Waals surface area (Å²) in [6.45, 7) is 0.157. The van der Waals surface area contributed by atoms with E-state index in [1.807, 2.05) is 0 Å². The number of allylic oxidation sites excluding steroid dienone is 1. The highest BCUT2D eigenvalue weighted by molar-refractivity contribution is 6.42. The third kappa shape index (κ3) is 4.79. The second kappa shape index (κ2) is 8.73. The van der Waals surface area contributed by atoms with E-state index in [-0.39, 0.29) is 17.9 Å². The van der Waals surface area contributed by atoms with Gasteiger partial charge in [0, 0.05) is 12.1 Å². The highest BCUT2D eigenvalue weighted by Gasteiger charge is 2.17. The van der Waals surface area contributed by atoms with Gasteiger partial charge in [0.2, 0.25) is 0 Å². The first kappa shape index (κ1) is 19.7. The van der Waals surface area contributed by atoms with Crippen LogP contribution in [0.15, 0.2) is 65.1 Å². The van der Waals surface area contributed by atoms with Crippen LogP contribution in [0.1, 0.15) is 21.9 Å². The van der Waals surface area contributed by atoms with Crippen molar-refractivity contribution in [3.05, 3.63) is 97.9 Å². The van der Waals surface area contributed by atoms with Crippen LogP contribution in [-0.4, -0.2) is 10.7 Å². The Labute approximate surface area is 170 Å². The number of nitrogens with zero attached hydrogens (tertiary/aromatic N) is 1. The first-order chi connectivity index (χ1) is 13.4. The van der Waals surface area contributed by atoms with Crippen LogP contribution in [0.4, 0.5) is 5.69 Å². The Kier molecular flexibility index (Phi) is 6.13. The van der Waals surface area contributed by atoms with E-state index in [1.165, 1.54) is 30.4 Å².